The molecule has 0 bridgehead atoms. The Morgan fingerprint density at radius 2 is 1.32 bits per heavy atom. The van der Waals surface area contributed by atoms with Crippen LogP contribution in [-0.2, 0) is 0 Å². The zero-order valence-electron chi connectivity index (χ0n) is 14.1. The molecule has 0 fully saturated rings. The summed E-state index contributed by atoms with van der Waals surface area (Å²) >= 11 is 0. The Balaban J connectivity index is 1.96. The van der Waals surface area contributed by atoms with E-state index in [1.54, 1.807) is 18.2 Å². The summed E-state index contributed by atoms with van der Waals surface area (Å²) in [7, 11) is 0. The van der Waals surface area contributed by atoms with Crippen molar-refractivity contribution in [3.8, 4) is 22.6 Å². The predicted molar refractivity (Wildman–Crippen MR) is 95.0 cm³/mol. The number of rotatable bonds is 5. The van der Waals surface area contributed by atoms with Crippen molar-refractivity contribution in [2.24, 2.45) is 0 Å². The molecule has 0 saturated heterocycles. The van der Waals surface area contributed by atoms with Crippen molar-refractivity contribution in [1.82, 2.24) is 0 Å². The van der Waals surface area contributed by atoms with Gasteiger partial charge >= 0.3 is 5.69 Å². The summed E-state index contributed by atoms with van der Waals surface area (Å²) in [4.78, 5) is 9.58. The van der Waals surface area contributed by atoms with E-state index >= 15 is 0 Å². The molecule has 0 radical (unpaired) electrons. The van der Waals surface area contributed by atoms with Crippen molar-refractivity contribution in [1.29, 1.82) is 0 Å². The summed E-state index contributed by atoms with van der Waals surface area (Å²) in [6, 6.07) is 13.2. The van der Waals surface area contributed by atoms with E-state index in [9.17, 15) is 27.7 Å². The molecule has 3 aromatic rings. The minimum atomic E-state index is -2.28. The Morgan fingerprint density at radius 3 is 1.82 bits per heavy atom. The molecule has 0 aliphatic carbocycles. The van der Waals surface area contributed by atoms with Crippen molar-refractivity contribution in [2.75, 3.05) is 0 Å². The lowest BCUT2D eigenvalue weighted by atomic mass is 10.0. The monoisotopic (exact) mass is 389 g/mol. The number of nitro benzene ring substituents is 1. The van der Waals surface area contributed by atoms with Crippen molar-refractivity contribution in [3.05, 3.63) is 94.1 Å². The number of nitro groups is 1. The van der Waals surface area contributed by atoms with E-state index in [0.717, 1.165) is 16.7 Å². The van der Waals surface area contributed by atoms with Gasteiger partial charge in [-0.05, 0) is 28.8 Å². The maximum absolute atomic E-state index is 13.9. The van der Waals surface area contributed by atoms with E-state index in [2.05, 4.69) is 6.58 Å². The van der Waals surface area contributed by atoms with E-state index in [-0.39, 0.29) is 5.75 Å². The molecule has 28 heavy (non-hydrogen) atoms. The first kappa shape index (κ1) is 19.1. The van der Waals surface area contributed by atoms with Crippen molar-refractivity contribution in [3.63, 3.8) is 0 Å². The van der Waals surface area contributed by atoms with Gasteiger partial charge in [-0.3, -0.25) is 10.1 Å². The number of ether oxygens (including phenoxy) is 1. The Morgan fingerprint density at radius 1 is 0.821 bits per heavy atom. The maximum atomic E-state index is 13.9. The highest BCUT2D eigenvalue weighted by molar-refractivity contribution is 5.66. The van der Waals surface area contributed by atoms with Crippen LogP contribution in [0.25, 0.3) is 17.2 Å². The standard InChI is InChI=1S/C20H11F4NO3/c1-2-11-3-5-12(6-4-11)13-7-9-14(10-8-13)28-20-18(24)16(22)15(21)17(23)19(20)25(26)27/h2-10H,1H2. The third-order valence-electron chi connectivity index (χ3n) is 3.94. The fraction of sp³-hybridized carbons (Fsp3) is 0. The van der Waals surface area contributed by atoms with Crippen LogP contribution in [0.1, 0.15) is 5.56 Å². The lowest BCUT2D eigenvalue weighted by Gasteiger charge is -2.10. The second-order valence-corrected chi connectivity index (χ2v) is 5.64. The molecule has 3 rings (SSSR count). The second kappa shape index (κ2) is 7.51. The second-order valence-electron chi connectivity index (χ2n) is 5.64. The molecule has 0 atom stereocenters. The van der Waals surface area contributed by atoms with Gasteiger partial charge in [0.2, 0.25) is 29.0 Å². The quantitative estimate of drug-likeness (QED) is 0.170. The van der Waals surface area contributed by atoms with Gasteiger partial charge in [0.15, 0.2) is 0 Å². The Bertz CT molecular complexity index is 1060. The van der Waals surface area contributed by atoms with Gasteiger partial charge in [-0.1, -0.05) is 49.1 Å². The summed E-state index contributed by atoms with van der Waals surface area (Å²) in [5.74, 6) is -10.1. The minimum absolute atomic E-state index is 0.126. The molecule has 0 N–H and O–H groups in total. The Labute approximate surface area is 156 Å². The first-order chi connectivity index (χ1) is 13.3. The predicted octanol–water partition coefficient (Wildman–Crippen LogP) is 6.25. The number of halogens is 4. The summed E-state index contributed by atoms with van der Waals surface area (Å²) in [6.45, 7) is 3.66. The number of hydrogen-bond acceptors (Lipinski definition) is 3. The fourth-order valence-corrected chi connectivity index (χ4v) is 2.50. The molecule has 0 aliphatic rings. The molecule has 0 aliphatic heterocycles. The highest BCUT2D eigenvalue weighted by Crippen LogP contribution is 2.39. The van der Waals surface area contributed by atoms with E-state index in [1.807, 2.05) is 24.3 Å². The largest absolute Gasteiger partial charge is 0.447 e. The molecule has 3 aromatic carbocycles. The van der Waals surface area contributed by atoms with E-state index in [4.69, 9.17) is 4.74 Å². The van der Waals surface area contributed by atoms with Crippen molar-refractivity contribution >= 4 is 11.8 Å². The van der Waals surface area contributed by atoms with Gasteiger partial charge in [0.05, 0.1) is 4.92 Å². The molecule has 0 saturated carbocycles. The SMILES string of the molecule is C=Cc1ccc(-c2ccc(Oc3c(F)c(F)c(F)c(F)c3[N+](=O)[O-])cc2)cc1. The molecule has 0 unspecified atom stereocenters. The van der Waals surface area contributed by atoms with Crippen molar-refractivity contribution in [2.45, 2.75) is 0 Å². The van der Waals surface area contributed by atoms with Gasteiger partial charge in [0.1, 0.15) is 5.75 Å². The number of nitrogens with zero attached hydrogens (tertiary/aromatic N) is 1. The number of hydrogen-bond donors (Lipinski definition) is 0. The highest BCUT2D eigenvalue weighted by Gasteiger charge is 2.34. The molecule has 142 valence electrons. The summed E-state index contributed by atoms with van der Waals surface area (Å²) in [5.41, 5.74) is 0.884. The molecule has 0 heterocycles. The Hall–Kier alpha value is -3.68. The van der Waals surface area contributed by atoms with Crippen LogP contribution in [0.15, 0.2) is 55.1 Å². The van der Waals surface area contributed by atoms with Gasteiger partial charge < -0.3 is 4.74 Å². The average Bonchev–Trinajstić information content (AvgIpc) is 2.71. The fourth-order valence-electron chi connectivity index (χ4n) is 2.50. The zero-order chi connectivity index (χ0) is 20.4. The molecule has 4 nitrogen and oxygen atoms in total. The average molecular weight is 389 g/mol. The van der Waals surface area contributed by atoms with Crippen LogP contribution in [0.4, 0.5) is 23.2 Å². The van der Waals surface area contributed by atoms with E-state index < -0.39 is 39.6 Å². The van der Waals surface area contributed by atoms with Crippen LogP contribution in [0, 0.1) is 33.4 Å². The maximum Gasteiger partial charge on any atom is 0.353 e. The van der Waals surface area contributed by atoms with Crippen LogP contribution < -0.4 is 4.74 Å². The van der Waals surface area contributed by atoms with Gasteiger partial charge in [0, 0.05) is 0 Å². The minimum Gasteiger partial charge on any atom is -0.447 e. The van der Waals surface area contributed by atoms with Crippen molar-refractivity contribution < 1.29 is 27.2 Å². The van der Waals surface area contributed by atoms with Crippen LogP contribution in [-0.4, -0.2) is 4.92 Å². The Kier molecular flexibility index (Phi) is 5.12. The van der Waals surface area contributed by atoms with E-state index in [1.165, 1.54) is 12.1 Å². The first-order valence-electron chi connectivity index (χ1n) is 7.84. The van der Waals surface area contributed by atoms with Gasteiger partial charge in [-0.2, -0.15) is 8.78 Å². The summed E-state index contributed by atoms with van der Waals surface area (Å²) in [5, 5.41) is 11.0. The molecule has 0 amide bonds. The topological polar surface area (TPSA) is 52.4 Å². The molecular weight excluding hydrogens is 378 g/mol. The number of benzene rings is 3. The lowest BCUT2D eigenvalue weighted by molar-refractivity contribution is -0.388. The highest BCUT2D eigenvalue weighted by atomic mass is 19.2. The molecule has 0 spiro atoms. The molecule has 8 heteroatoms. The van der Waals surface area contributed by atoms with E-state index in [0.29, 0.717) is 0 Å². The lowest BCUT2D eigenvalue weighted by Crippen LogP contribution is -2.05. The van der Waals surface area contributed by atoms with Crippen LogP contribution in [0.2, 0.25) is 0 Å². The molecular formula is C20H11F4NO3. The van der Waals surface area contributed by atoms with Crippen LogP contribution in [0.5, 0.6) is 11.5 Å². The zero-order valence-corrected chi connectivity index (χ0v) is 14.1. The molecule has 0 aromatic heterocycles. The van der Waals surface area contributed by atoms with Gasteiger partial charge in [0.25, 0.3) is 0 Å². The van der Waals surface area contributed by atoms with Crippen LogP contribution in [0.3, 0.4) is 0 Å². The van der Waals surface area contributed by atoms with Gasteiger partial charge in [-0.15, -0.1) is 0 Å². The first-order valence-corrected chi connectivity index (χ1v) is 7.84. The third kappa shape index (κ3) is 3.44. The smallest absolute Gasteiger partial charge is 0.353 e. The van der Waals surface area contributed by atoms with Crippen LogP contribution >= 0.6 is 0 Å². The van der Waals surface area contributed by atoms with Gasteiger partial charge in [-0.25, -0.2) is 8.78 Å². The summed E-state index contributed by atoms with van der Waals surface area (Å²) < 4.78 is 59.3. The third-order valence-corrected chi connectivity index (χ3v) is 3.94. The normalized spacial score (nSPS) is 10.6. The summed E-state index contributed by atoms with van der Waals surface area (Å²) in [6.07, 6.45) is 1.68.